The second-order valence-electron chi connectivity index (χ2n) is 5.37. The molecule has 0 bridgehead atoms. The summed E-state index contributed by atoms with van der Waals surface area (Å²) in [5.74, 6) is -1.13. The Hall–Kier alpha value is -2.39. The number of halogens is 2. The van der Waals surface area contributed by atoms with Crippen LogP contribution in [0.2, 0.25) is 0 Å². The van der Waals surface area contributed by atoms with Gasteiger partial charge in [0.05, 0.1) is 4.91 Å². The third-order valence-electron chi connectivity index (χ3n) is 3.55. The fourth-order valence-electron chi connectivity index (χ4n) is 2.28. The standard InChI is InChI=1S/C17H13BrFN3O3S/c18-11-8-13(21-9-11)15(23)20-5-6-22-16(24)14(26-17(22)25)7-10-1-3-12(19)4-2-10/h1-4,7-9,21H,5-6H2,(H,20,23)/b14-7-. The summed E-state index contributed by atoms with van der Waals surface area (Å²) < 4.78 is 13.7. The Kier molecular flexibility index (Phi) is 5.58. The van der Waals surface area contributed by atoms with Gasteiger partial charge >= 0.3 is 0 Å². The zero-order chi connectivity index (χ0) is 18.7. The van der Waals surface area contributed by atoms with Crippen molar-refractivity contribution in [2.45, 2.75) is 0 Å². The SMILES string of the molecule is O=C(NCCN1C(=O)S/C(=C\c2ccc(F)cc2)C1=O)c1cc(Br)c[nH]1. The van der Waals surface area contributed by atoms with E-state index in [0.717, 1.165) is 21.1 Å². The van der Waals surface area contributed by atoms with Gasteiger partial charge in [0.1, 0.15) is 11.5 Å². The number of benzene rings is 1. The van der Waals surface area contributed by atoms with E-state index in [-0.39, 0.29) is 29.7 Å². The van der Waals surface area contributed by atoms with Gasteiger partial charge in [0.25, 0.3) is 17.1 Å². The summed E-state index contributed by atoms with van der Waals surface area (Å²) in [6.45, 7) is 0.205. The second kappa shape index (κ2) is 7.88. The molecule has 2 N–H and O–H groups in total. The van der Waals surface area contributed by atoms with Gasteiger partial charge in [0.15, 0.2) is 0 Å². The third-order valence-corrected chi connectivity index (χ3v) is 4.92. The van der Waals surface area contributed by atoms with Crippen LogP contribution in [0.1, 0.15) is 16.1 Å². The van der Waals surface area contributed by atoms with Crippen molar-refractivity contribution in [2.75, 3.05) is 13.1 Å². The Bertz CT molecular complexity index is 895. The molecule has 2 aromatic rings. The van der Waals surface area contributed by atoms with Crippen LogP contribution in [0.3, 0.4) is 0 Å². The molecule has 1 aromatic carbocycles. The van der Waals surface area contributed by atoms with Gasteiger partial charge in [-0.15, -0.1) is 0 Å². The van der Waals surface area contributed by atoms with Crippen molar-refractivity contribution in [1.82, 2.24) is 15.2 Å². The number of nitrogens with zero attached hydrogens (tertiary/aromatic N) is 1. The van der Waals surface area contributed by atoms with E-state index in [1.807, 2.05) is 0 Å². The van der Waals surface area contributed by atoms with E-state index in [4.69, 9.17) is 0 Å². The highest BCUT2D eigenvalue weighted by Crippen LogP contribution is 2.31. The Labute approximate surface area is 161 Å². The smallest absolute Gasteiger partial charge is 0.293 e. The van der Waals surface area contributed by atoms with E-state index < -0.39 is 11.1 Å². The lowest BCUT2D eigenvalue weighted by atomic mass is 10.2. The third kappa shape index (κ3) is 4.23. The van der Waals surface area contributed by atoms with Gasteiger partial charge in [-0.2, -0.15) is 0 Å². The van der Waals surface area contributed by atoms with Crippen LogP contribution >= 0.6 is 27.7 Å². The lowest BCUT2D eigenvalue weighted by Gasteiger charge is -2.12. The molecule has 2 heterocycles. The Balaban J connectivity index is 1.58. The molecule has 1 aromatic heterocycles. The molecule has 3 rings (SSSR count). The summed E-state index contributed by atoms with van der Waals surface area (Å²) in [7, 11) is 0. The minimum absolute atomic E-state index is 0.0685. The van der Waals surface area contributed by atoms with Crippen LogP contribution in [0.5, 0.6) is 0 Å². The molecule has 1 fully saturated rings. The molecule has 0 radical (unpaired) electrons. The monoisotopic (exact) mass is 437 g/mol. The first kappa shape index (κ1) is 18.4. The summed E-state index contributed by atoms with van der Waals surface area (Å²) >= 11 is 4.06. The quantitative estimate of drug-likeness (QED) is 0.702. The minimum Gasteiger partial charge on any atom is -0.356 e. The Morgan fingerprint density at radius 2 is 2.04 bits per heavy atom. The largest absolute Gasteiger partial charge is 0.356 e. The van der Waals surface area contributed by atoms with Gasteiger partial charge in [-0.3, -0.25) is 19.3 Å². The van der Waals surface area contributed by atoms with Crippen molar-refractivity contribution in [3.63, 3.8) is 0 Å². The molecule has 0 aliphatic carbocycles. The number of imide groups is 1. The number of aromatic amines is 1. The van der Waals surface area contributed by atoms with E-state index in [1.165, 1.54) is 24.3 Å². The zero-order valence-electron chi connectivity index (χ0n) is 13.3. The average molecular weight is 438 g/mol. The molecular formula is C17H13BrFN3O3S. The van der Waals surface area contributed by atoms with E-state index >= 15 is 0 Å². The zero-order valence-corrected chi connectivity index (χ0v) is 15.7. The summed E-state index contributed by atoms with van der Waals surface area (Å²) in [5, 5.41) is 2.24. The van der Waals surface area contributed by atoms with Crippen molar-refractivity contribution in [3.8, 4) is 0 Å². The van der Waals surface area contributed by atoms with Crippen molar-refractivity contribution in [3.05, 3.63) is 63.0 Å². The van der Waals surface area contributed by atoms with Gasteiger partial charge in [-0.25, -0.2) is 4.39 Å². The molecule has 134 valence electrons. The lowest BCUT2D eigenvalue weighted by molar-refractivity contribution is -0.122. The number of rotatable bonds is 5. The number of nitrogens with one attached hydrogen (secondary N) is 2. The number of H-pyrrole nitrogens is 1. The van der Waals surface area contributed by atoms with Crippen LogP contribution in [-0.2, 0) is 4.79 Å². The van der Waals surface area contributed by atoms with Crippen LogP contribution in [0.4, 0.5) is 9.18 Å². The van der Waals surface area contributed by atoms with Crippen molar-refractivity contribution in [1.29, 1.82) is 0 Å². The molecule has 0 unspecified atom stereocenters. The normalized spacial score (nSPS) is 15.8. The van der Waals surface area contributed by atoms with Crippen molar-refractivity contribution < 1.29 is 18.8 Å². The van der Waals surface area contributed by atoms with Gasteiger partial charge in [0.2, 0.25) is 0 Å². The summed E-state index contributed by atoms with van der Waals surface area (Å²) in [6, 6.07) is 7.24. The molecule has 26 heavy (non-hydrogen) atoms. The molecule has 0 saturated carbocycles. The molecule has 1 saturated heterocycles. The number of hydrogen-bond acceptors (Lipinski definition) is 4. The fraction of sp³-hybridized carbons (Fsp3) is 0.118. The highest BCUT2D eigenvalue weighted by Gasteiger charge is 2.34. The number of hydrogen-bond donors (Lipinski definition) is 2. The Morgan fingerprint density at radius 1 is 1.31 bits per heavy atom. The van der Waals surface area contributed by atoms with Crippen LogP contribution in [0, 0.1) is 5.82 Å². The molecule has 1 aliphatic rings. The van der Waals surface area contributed by atoms with Crippen molar-refractivity contribution in [2.24, 2.45) is 0 Å². The van der Waals surface area contributed by atoms with Gasteiger partial charge in [-0.1, -0.05) is 12.1 Å². The maximum Gasteiger partial charge on any atom is 0.293 e. The molecule has 1 aliphatic heterocycles. The lowest BCUT2D eigenvalue weighted by Crippen LogP contribution is -2.37. The number of amides is 3. The second-order valence-corrected chi connectivity index (χ2v) is 7.28. The number of thioether (sulfide) groups is 1. The molecule has 6 nitrogen and oxygen atoms in total. The highest BCUT2D eigenvalue weighted by molar-refractivity contribution is 9.10. The predicted octanol–water partition coefficient (Wildman–Crippen LogP) is 3.38. The first-order chi connectivity index (χ1) is 12.4. The number of carbonyl (C=O) groups excluding carboxylic acids is 3. The van der Waals surface area contributed by atoms with Crippen LogP contribution in [0.15, 0.2) is 45.9 Å². The van der Waals surface area contributed by atoms with Crippen LogP contribution in [0.25, 0.3) is 6.08 Å². The maximum absolute atomic E-state index is 12.9. The first-order valence-corrected chi connectivity index (χ1v) is 9.18. The summed E-state index contributed by atoms with van der Waals surface area (Å²) in [6.07, 6.45) is 3.17. The van der Waals surface area contributed by atoms with Crippen LogP contribution in [-0.4, -0.2) is 40.0 Å². The summed E-state index contributed by atoms with van der Waals surface area (Å²) in [4.78, 5) is 40.4. The van der Waals surface area contributed by atoms with Gasteiger partial charge in [0, 0.05) is 23.8 Å². The summed E-state index contributed by atoms with van der Waals surface area (Å²) in [5.41, 5.74) is 1.00. The maximum atomic E-state index is 12.9. The van der Waals surface area contributed by atoms with E-state index in [0.29, 0.717) is 11.3 Å². The fourth-order valence-corrected chi connectivity index (χ4v) is 3.49. The number of aromatic nitrogens is 1. The van der Waals surface area contributed by atoms with Crippen molar-refractivity contribution >= 4 is 50.8 Å². The number of carbonyl (C=O) groups is 3. The molecule has 0 spiro atoms. The van der Waals surface area contributed by atoms with Crippen LogP contribution < -0.4 is 5.32 Å². The topological polar surface area (TPSA) is 82.3 Å². The molecule has 3 amide bonds. The van der Waals surface area contributed by atoms with Gasteiger partial charge < -0.3 is 10.3 Å². The minimum atomic E-state index is -0.429. The van der Waals surface area contributed by atoms with E-state index in [2.05, 4.69) is 26.2 Å². The highest BCUT2D eigenvalue weighted by atomic mass is 79.9. The van der Waals surface area contributed by atoms with E-state index in [1.54, 1.807) is 18.3 Å². The van der Waals surface area contributed by atoms with E-state index in [9.17, 15) is 18.8 Å². The molecular weight excluding hydrogens is 425 g/mol. The molecule has 0 atom stereocenters. The first-order valence-electron chi connectivity index (χ1n) is 7.57. The molecule has 9 heteroatoms. The Morgan fingerprint density at radius 3 is 2.69 bits per heavy atom. The van der Waals surface area contributed by atoms with Gasteiger partial charge in [-0.05, 0) is 57.5 Å². The predicted molar refractivity (Wildman–Crippen MR) is 99.9 cm³/mol. The average Bonchev–Trinajstić information content (AvgIpc) is 3.15.